The van der Waals surface area contributed by atoms with Crippen LogP contribution in [-0.4, -0.2) is 36.1 Å². The van der Waals surface area contributed by atoms with Crippen molar-refractivity contribution in [3.8, 4) is 0 Å². The number of carbonyl (C=O) groups is 1. The average molecular weight is 288 g/mol. The lowest BCUT2D eigenvalue weighted by atomic mass is 9.81. The number of nitrogens with one attached hydrogen (secondary N) is 1. The second-order valence-corrected chi connectivity index (χ2v) is 5.43. The highest BCUT2D eigenvalue weighted by atomic mass is 35.5. The third-order valence-corrected chi connectivity index (χ3v) is 3.54. The van der Waals surface area contributed by atoms with Crippen LogP contribution in [0.2, 0.25) is 0 Å². The Hall–Kier alpha value is -1.07. The molecule has 0 radical (unpaired) electrons. The van der Waals surface area contributed by atoms with E-state index in [0.717, 1.165) is 37.4 Å². The minimum absolute atomic E-state index is 0. The van der Waals surface area contributed by atoms with Crippen LogP contribution in [-0.2, 0) is 11.3 Å². The van der Waals surface area contributed by atoms with Gasteiger partial charge in [-0.05, 0) is 33.2 Å². The first-order chi connectivity index (χ1) is 8.51. The summed E-state index contributed by atoms with van der Waals surface area (Å²) >= 11 is 0. The second kappa shape index (κ2) is 6.39. The van der Waals surface area contributed by atoms with Crippen LogP contribution in [0.25, 0.3) is 0 Å². The molecule has 0 bridgehead atoms. The Morgan fingerprint density at radius 3 is 2.89 bits per heavy atom. The van der Waals surface area contributed by atoms with Crippen LogP contribution in [0.4, 0.5) is 0 Å². The molecule has 19 heavy (non-hydrogen) atoms. The van der Waals surface area contributed by atoms with Crippen molar-refractivity contribution in [3.63, 3.8) is 0 Å². The summed E-state index contributed by atoms with van der Waals surface area (Å²) in [7, 11) is 1.83. The first-order valence-corrected chi connectivity index (χ1v) is 6.40. The van der Waals surface area contributed by atoms with Crippen molar-refractivity contribution in [2.75, 3.05) is 20.1 Å². The van der Waals surface area contributed by atoms with E-state index in [1.165, 1.54) is 0 Å². The molecule has 0 spiro atoms. The van der Waals surface area contributed by atoms with Crippen molar-refractivity contribution in [2.24, 2.45) is 5.41 Å². The number of amides is 1. The summed E-state index contributed by atoms with van der Waals surface area (Å²) in [6.45, 7) is 6.16. The van der Waals surface area contributed by atoms with Crippen LogP contribution >= 0.6 is 12.4 Å². The van der Waals surface area contributed by atoms with E-state index in [-0.39, 0.29) is 23.7 Å². The number of carbonyl (C=O) groups excluding carboxylic acids is 1. The molecule has 1 N–H and O–H groups in total. The Bertz CT molecular complexity index is 427. The van der Waals surface area contributed by atoms with Crippen molar-refractivity contribution in [1.29, 1.82) is 0 Å². The van der Waals surface area contributed by atoms with Crippen molar-refractivity contribution in [1.82, 2.24) is 15.4 Å². The number of piperidine rings is 1. The summed E-state index contributed by atoms with van der Waals surface area (Å²) in [5.41, 5.74) is 0.516. The Balaban J connectivity index is 0.00000180. The van der Waals surface area contributed by atoms with E-state index < -0.39 is 0 Å². The maximum Gasteiger partial charge on any atom is 0.229 e. The largest absolute Gasteiger partial charge is 0.361 e. The molecule has 2 heterocycles. The Morgan fingerprint density at radius 2 is 2.37 bits per heavy atom. The number of hydrogen-bond donors (Lipinski definition) is 1. The normalized spacial score (nSPS) is 22.7. The van der Waals surface area contributed by atoms with Crippen LogP contribution in [0, 0.1) is 12.3 Å². The predicted molar refractivity (Wildman–Crippen MR) is 75.2 cm³/mol. The highest BCUT2D eigenvalue weighted by molar-refractivity contribution is 5.85. The van der Waals surface area contributed by atoms with Crippen LogP contribution in [0.5, 0.6) is 0 Å². The average Bonchev–Trinajstić information content (AvgIpc) is 2.74. The summed E-state index contributed by atoms with van der Waals surface area (Å²) in [5.74, 6) is 0.951. The van der Waals surface area contributed by atoms with Crippen LogP contribution in [0.15, 0.2) is 10.6 Å². The molecule has 1 aliphatic heterocycles. The zero-order valence-corrected chi connectivity index (χ0v) is 12.5. The zero-order valence-electron chi connectivity index (χ0n) is 11.7. The monoisotopic (exact) mass is 287 g/mol. The van der Waals surface area contributed by atoms with Crippen LogP contribution in [0.3, 0.4) is 0 Å². The smallest absolute Gasteiger partial charge is 0.229 e. The molecule has 1 aromatic rings. The molecule has 1 saturated heterocycles. The number of aryl methyl sites for hydroxylation is 1. The standard InChI is InChI=1S/C13H21N3O2.ClH/c1-10-7-11(15-18-10)8-16(3)12(17)13(2)5-4-6-14-9-13;/h7,14H,4-6,8-9H2,1-3H3;1H. The second-order valence-electron chi connectivity index (χ2n) is 5.43. The van der Waals surface area contributed by atoms with Crippen LogP contribution in [0.1, 0.15) is 31.2 Å². The number of hydrogen-bond acceptors (Lipinski definition) is 4. The van der Waals surface area contributed by atoms with Gasteiger partial charge >= 0.3 is 0 Å². The number of halogens is 1. The van der Waals surface area contributed by atoms with Crippen molar-refractivity contribution in [2.45, 2.75) is 33.2 Å². The summed E-state index contributed by atoms with van der Waals surface area (Å²) in [6, 6.07) is 1.87. The van der Waals surface area contributed by atoms with Gasteiger partial charge in [0.2, 0.25) is 5.91 Å². The van der Waals surface area contributed by atoms with Gasteiger partial charge in [0.1, 0.15) is 11.5 Å². The maximum absolute atomic E-state index is 12.5. The number of rotatable bonds is 3. The molecule has 1 unspecified atom stereocenters. The third kappa shape index (κ3) is 3.70. The molecular formula is C13H22ClN3O2. The van der Waals surface area contributed by atoms with E-state index in [9.17, 15) is 4.79 Å². The molecule has 6 heteroatoms. The van der Waals surface area contributed by atoms with E-state index in [1.54, 1.807) is 4.90 Å². The molecule has 0 saturated carbocycles. The van der Waals surface area contributed by atoms with Crippen molar-refractivity contribution in [3.05, 3.63) is 17.5 Å². The quantitative estimate of drug-likeness (QED) is 0.920. The molecule has 0 aliphatic carbocycles. The summed E-state index contributed by atoms with van der Waals surface area (Å²) < 4.78 is 5.02. The SMILES string of the molecule is Cc1cc(CN(C)C(=O)C2(C)CCCNC2)no1.Cl. The van der Waals surface area contributed by atoms with Crippen molar-refractivity contribution < 1.29 is 9.32 Å². The van der Waals surface area contributed by atoms with E-state index in [4.69, 9.17) is 4.52 Å². The van der Waals surface area contributed by atoms with Crippen LogP contribution < -0.4 is 5.32 Å². The molecule has 5 nitrogen and oxygen atoms in total. The molecule has 0 aromatic carbocycles. The molecule has 2 rings (SSSR count). The molecule has 1 amide bonds. The first kappa shape index (κ1) is 16.0. The van der Waals surface area contributed by atoms with Gasteiger partial charge in [-0.2, -0.15) is 0 Å². The fourth-order valence-corrected chi connectivity index (χ4v) is 2.51. The summed E-state index contributed by atoms with van der Waals surface area (Å²) in [5, 5.41) is 7.22. The van der Waals surface area contributed by atoms with Gasteiger partial charge in [0.15, 0.2) is 0 Å². The lowest BCUT2D eigenvalue weighted by molar-refractivity contribution is -0.141. The van der Waals surface area contributed by atoms with E-state index in [2.05, 4.69) is 10.5 Å². The van der Waals surface area contributed by atoms with Gasteiger partial charge < -0.3 is 14.7 Å². The molecule has 1 aliphatic rings. The molecular weight excluding hydrogens is 266 g/mol. The van der Waals surface area contributed by atoms with Gasteiger partial charge in [-0.3, -0.25) is 4.79 Å². The summed E-state index contributed by atoms with van der Waals surface area (Å²) in [6.07, 6.45) is 2.00. The van der Waals surface area contributed by atoms with Gasteiger partial charge in [0.25, 0.3) is 0 Å². The fraction of sp³-hybridized carbons (Fsp3) is 0.692. The first-order valence-electron chi connectivity index (χ1n) is 6.40. The molecule has 1 atom stereocenters. The minimum atomic E-state index is -0.286. The fourth-order valence-electron chi connectivity index (χ4n) is 2.51. The molecule has 1 aromatic heterocycles. The van der Waals surface area contributed by atoms with E-state index >= 15 is 0 Å². The van der Waals surface area contributed by atoms with Gasteiger partial charge in [-0.1, -0.05) is 5.16 Å². The minimum Gasteiger partial charge on any atom is -0.361 e. The predicted octanol–water partition coefficient (Wildman–Crippen LogP) is 1.75. The van der Waals surface area contributed by atoms with E-state index in [0.29, 0.717) is 6.54 Å². The highest BCUT2D eigenvalue weighted by Crippen LogP contribution is 2.28. The lowest BCUT2D eigenvalue weighted by Gasteiger charge is -2.35. The number of nitrogens with zero attached hydrogens (tertiary/aromatic N) is 2. The van der Waals surface area contributed by atoms with Gasteiger partial charge in [-0.25, -0.2) is 0 Å². The maximum atomic E-state index is 12.5. The topological polar surface area (TPSA) is 58.4 Å². The van der Waals surface area contributed by atoms with Gasteiger partial charge in [0.05, 0.1) is 12.0 Å². The molecule has 108 valence electrons. The third-order valence-electron chi connectivity index (χ3n) is 3.54. The Kier molecular flexibility index (Phi) is 5.38. The van der Waals surface area contributed by atoms with Crippen molar-refractivity contribution >= 4 is 18.3 Å². The van der Waals surface area contributed by atoms with E-state index in [1.807, 2.05) is 27.0 Å². The number of aromatic nitrogens is 1. The molecule has 1 fully saturated rings. The lowest BCUT2D eigenvalue weighted by Crippen LogP contribution is -2.48. The zero-order chi connectivity index (χ0) is 13.2. The Labute approximate surface area is 120 Å². The van der Waals surface area contributed by atoms with Gasteiger partial charge in [0, 0.05) is 19.7 Å². The highest BCUT2D eigenvalue weighted by Gasteiger charge is 2.36. The van der Waals surface area contributed by atoms with Gasteiger partial charge in [-0.15, -0.1) is 12.4 Å². The summed E-state index contributed by atoms with van der Waals surface area (Å²) in [4.78, 5) is 14.2. The Morgan fingerprint density at radius 1 is 1.63 bits per heavy atom.